The number of carbonyl (C=O) groups excluding carboxylic acids is 2. The number of aromatic nitrogens is 1. The van der Waals surface area contributed by atoms with Gasteiger partial charge in [0.05, 0.1) is 30.7 Å². The minimum absolute atomic E-state index is 0.0742. The van der Waals surface area contributed by atoms with Crippen LogP contribution in [0.2, 0.25) is 0 Å². The Balaban J connectivity index is 1.57. The summed E-state index contributed by atoms with van der Waals surface area (Å²) in [5, 5.41) is 5.42. The van der Waals surface area contributed by atoms with Crippen molar-refractivity contribution in [1.29, 1.82) is 0 Å². The molecular formula is C30H26FN5O3. The van der Waals surface area contributed by atoms with Gasteiger partial charge in [0.2, 0.25) is 6.17 Å². The number of benzodiazepines with no additional fused rings is 1. The Morgan fingerprint density at radius 2 is 1.77 bits per heavy atom. The van der Waals surface area contributed by atoms with Crippen molar-refractivity contribution in [3.8, 4) is 5.75 Å². The molecule has 0 aliphatic carbocycles. The quantitative estimate of drug-likeness (QED) is 0.369. The number of carbonyl (C=O) groups is 2. The number of aryl methyl sites for hydroxylation is 1. The summed E-state index contributed by atoms with van der Waals surface area (Å²) in [4.78, 5) is 37.5. The maximum absolute atomic E-state index is 15.0. The number of hydrogen-bond acceptors (Lipinski definition) is 5. The first-order valence-electron chi connectivity index (χ1n) is 12.3. The minimum Gasteiger partial charge on any atom is -0.497 e. The van der Waals surface area contributed by atoms with Crippen LogP contribution in [0.1, 0.15) is 22.4 Å². The average Bonchev–Trinajstić information content (AvgIpc) is 3.04. The van der Waals surface area contributed by atoms with Crippen molar-refractivity contribution in [1.82, 2.24) is 10.3 Å². The van der Waals surface area contributed by atoms with E-state index >= 15 is 4.39 Å². The van der Waals surface area contributed by atoms with E-state index in [9.17, 15) is 9.59 Å². The molecule has 1 aliphatic heterocycles. The van der Waals surface area contributed by atoms with Gasteiger partial charge in [0, 0.05) is 29.1 Å². The van der Waals surface area contributed by atoms with Crippen molar-refractivity contribution in [3.63, 3.8) is 0 Å². The summed E-state index contributed by atoms with van der Waals surface area (Å²) in [5.41, 5.74) is 3.61. The molecule has 0 saturated carbocycles. The van der Waals surface area contributed by atoms with Gasteiger partial charge in [-0.1, -0.05) is 42.5 Å². The Morgan fingerprint density at radius 3 is 2.54 bits per heavy atom. The number of methoxy groups -OCH3 is 1. The number of pyridine rings is 1. The van der Waals surface area contributed by atoms with Gasteiger partial charge in [-0.25, -0.2) is 14.2 Å². The largest absolute Gasteiger partial charge is 0.497 e. The number of ether oxygens (including phenoxy) is 1. The van der Waals surface area contributed by atoms with Crippen LogP contribution in [0.4, 0.5) is 20.6 Å². The Hall–Kier alpha value is -5.05. The van der Waals surface area contributed by atoms with Crippen LogP contribution in [0.3, 0.4) is 0 Å². The van der Waals surface area contributed by atoms with E-state index in [1.54, 1.807) is 80.0 Å². The lowest BCUT2D eigenvalue weighted by Crippen LogP contribution is -2.48. The van der Waals surface area contributed by atoms with Gasteiger partial charge >= 0.3 is 6.03 Å². The number of halogens is 1. The first-order chi connectivity index (χ1) is 18.9. The molecule has 4 aromatic rings. The molecule has 3 amide bonds. The van der Waals surface area contributed by atoms with Crippen LogP contribution in [-0.4, -0.2) is 35.9 Å². The van der Waals surface area contributed by atoms with Gasteiger partial charge in [-0.15, -0.1) is 0 Å². The number of amides is 3. The molecule has 5 rings (SSSR count). The fourth-order valence-corrected chi connectivity index (χ4v) is 4.40. The average molecular weight is 524 g/mol. The van der Waals surface area contributed by atoms with Gasteiger partial charge in [-0.2, -0.15) is 0 Å². The monoisotopic (exact) mass is 523 g/mol. The van der Waals surface area contributed by atoms with Crippen LogP contribution in [-0.2, 0) is 11.3 Å². The molecule has 2 N–H and O–H groups in total. The third kappa shape index (κ3) is 5.62. The second-order valence-corrected chi connectivity index (χ2v) is 8.96. The number of urea groups is 1. The number of anilines is 2. The summed E-state index contributed by atoms with van der Waals surface area (Å²) in [7, 11) is 1.55. The highest BCUT2D eigenvalue weighted by molar-refractivity contribution is 6.20. The molecule has 8 nitrogen and oxygen atoms in total. The summed E-state index contributed by atoms with van der Waals surface area (Å²) < 4.78 is 20.4. The summed E-state index contributed by atoms with van der Waals surface area (Å²) >= 11 is 0. The molecule has 0 unspecified atom stereocenters. The molecule has 0 bridgehead atoms. The maximum Gasteiger partial charge on any atom is 0.321 e. The summed E-state index contributed by atoms with van der Waals surface area (Å²) in [6.45, 7) is 1.98. The van der Waals surface area contributed by atoms with Gasteiger partial charge in [0.25, 0.3) is 5.91 Å². The SMILES string of the molecule is COc1ccnc(CN2C(=O)[C@H](NC(=O)Nc3cccc(C)c3)N=C(c3ccccc3F)c3ccccc32)c1. The lowest BCUT2D eigenvalue weighted by molar-refractivity contribution is -0.120. The third-order valence-electron chi connectivity index (χ3n) is 6.22. The number of para-hydroxylation sites is 1. The van der Waals surface area contributed by atoms with Crippen LogP contribution < -0.4 is 20.3 Å². The van der Waals surface area contributed by atoms with Gasteiger partial charge in [0.1, 0.15) is 11.6 Å². The smallest absolute Gasteiger partial charge is 0.321 e. The number of benzene rings is 3. The minimum atomic E-state index is -1.34. The topological polar surface area (TPSA) is 95.9 Å². The highest BCUT2D eigenvalue weighted by atomic mass is 19.1. The first-order valence-corrected chi connectivity index (χ1v) is 12.3. The standard InChI is InChI=1S/C30H26FN5O3/c1-19-8-7-9-20(16-19)33-30(38)35-28-29(37)36(18-21-17-22(39-2)14-15-32-21)26-13-6-4-11-24(26)27(34-28)23-10-3-5-12-25(23)31/h3-17,28H,18H2,1-2H3,(H2,33,35,38)/t28-/m0/s1. The highest BCUT2D eigenvalue weighted by Gasteiger charge is 2.34. The van der Waals surface area contributed by atoms with Crippen molar-refractivity contribution < 1.29 is 18.7 Å². The lowest BCUT2D eigenvalue weighted by atomic mass is 9.99. The molecule has 1 aromatic heterocycles. The van der Waals surface area contributed by atoms with Crippen LogP contribution in [0, 0.1) is 12.7 Å². The Kier molecular flexibility index (Phi) is 7.31. The second kappa shape index (κ2) is 11.1. The second-order valence-electron chi connectivity index (χ2n) is 8.96. The molecule has 2 heterocycles. The van der Waals surface area contributed by atoms with Crippen molar-refractivity contribution in [2.24, 2.45) is 4.99 Å². The Morgan fingerprint density at radius 1 is 1.00 bits per heavy atom. The molecule has 196 valence electrons. The Labute approximate surface area is 225 Å². The van der Waals surface area contributed by atoms with Crippen molar-refractivity contribution in [2.45, 2.75) is 19.6 Å². The van der Waals surface area contributed by atoms with Gasteiger partial charge in [-0.3, -0.25) is 9.78 Å². The van der Waals surface area contributed by atoms with E-state index in [1.807, 2.05) is 19.1 Å². The molecule has 0 spiro atoms. The molecule has 1 atom stereocenters. The van der Waals surface area contributed by atoms with E-state index < -0.39 is 23.9 Å². The van der Waals surface area contributed by atoms with E-state index in [-0.39, 0.29) is 17.8 Å². The number of nitrogens with one attached hydrogen (secondary N) is 2. The first kappa shape index (κ1) is 25.6. The highest BCUT2D eigenvalue weighted by Crippen LogP contribution is 2.30. The van der Waals surface area contributed by atoms with Gasteiger partial charge < -0.3 is 20.3 Å². The number of fused-ring (bicyclic) bond motifs is 1. The van der Waals surface area contributed by atoms with E-state index in [2.05, 4.69) is 20.6 Å². The van der Waals surface area contributed by atoms with E-state index in [0.717, 1.165) is 5.56 Å². The maximum atomic E-state index is 15.0. The van der Waals surface area contributed by atoms with Gasteiger partial charge in [0.15, 0.2) is 0 Å². The van der Waals surface area contributed by atoms with Crippen molar-refractivity contribution in [3.05, 3.63) is 119 Å². The molecule has 39 heavy (non-hydrogen) atoms. The summed E-state index contributed by atoms with van der Waals surface area (Å²) in [5.74, 6) is -0.409. The van der Waals surface area contributed by atoms with Gasteiger partial charge in [-0.05, 0) is 48.9 Å². The van der Waals surface area contributed by atoms with Crippen LogP contribution in [0.5, 0.6) is 5.75 Å². The molecule has 0 saturated heterocycles. The molecule has 1 aliphatic rings. The van der Waals surface area contributed by atoms with Crippen LogP contribution in [0.15, 0.2) is 96.1 Å². The zero-order valence-corrected chi connectivity index (χ0v) is 21.4. The van der Waals surface area contributed by atoms with Crippen molar-refractivity contribution in [2.75, 3.05) is 17.3 Å². The molecule has 9 heteroatoms. The number of hydrogen-bond donors (Lipinski definition) is 2. The van der Waals surface area contributed by atoms with E-state index in [4.69, 9.17) is 4.74 Å². The third-order valence-corrected chi connectivity index (χ3v) is 6.22. The number of rotatable bonds is 6. The normalized spacial score (nSPS) is 14.6. The lowest BCUT2D eigenvalue weighted by Gasteiger charge is -2.25. The van der Waals surface area contributed by atoms with E-state index in [0.29, 0.717) is 28.4 Å². The van der Waals surface area contributed by atoms with E-state index in [1.165, 1.54) is 11.0 Å². The molecule has 0 radical (unpaired) electrons. The predicted octanol–water partition coefficient (Wildman–Crippen LogP) is 5.07. The number of nitrogens with zero attached hydrogens (tertiary/aromatic N) is 3. The van der Waals surface area contributed by atoms with Crippen LogP contribution >= 0.6 is 0 Å². The summed E-state index contributed by atoms with van der Waals surface area (Å²) in [6, 6.07) is 23.4. The zero-order valence-electron chi connectivity index (χ0n) is 21.4. The zero-order chi connectivity index (χ0) is 27.4. The fourth-order valence-electron chi connectivity index (χ4n) is 4.40. The van der Waals surface area contributed by atoms with Crippen molar-refractivity contribution >= 4 is 29.0 Å². The number of aliphatic imine (C=N–C) groups is 1. The predicted molar refractivity (Wildman–Crippen MR) is 148 cm³/mol. The summed E-state index contributed by atoms with van der Waals surface area (Å²) in [6.07, 6.45) is 0.247. The molecular weight excluding hydrogens is 497 g/mol. The Bertz CT molecular complexity index is 1570. The van der Waals surface area contributed by atoms with Crippen LogP contribution in [0.25, 0.3) is 0 Å². The fraction of sp³-hybridized carbons (Fsp3) is 0.133. The molecule has 3 aromatic carbocycles. The molecule has 0 fully saturated rings.